The third-order valence-corrected chi connectivity index (χ3v) is 4.48. The predicted octanol–water partition coefficient (Wildman–Crippen LogP) is 3.32. The van der Waals surface area contributed by atoms with Gasteiger partial charge in [-0.1, -0.05) is 23.7 Å². The first-order chi connectivity index (χ1) is 7.07. The van der Waals surface area contributed by atoms with E-state index in [2.05, 4.69) is 31.3 Å². The third kappa shape index (κ3) is 2.90. The van der Waals surface area contributed by atoms with Crippen LogP contribution in [0.5, 0.6) is 0 Å². The van der Waals surface area contributed by atoms with E-state index in [-0.39, 0.29) is 4.87 Å². The van der Waals surface area contributed by atoms with Crippen molar-refractivity contribution in [3.8, 4) is 0 Å². The van der Waals surface area contributed by atoms with Crippen LogP contribution < -0.4 is 5.32 Å². The Morgan fingerprint density at radius 1 is 1.47 bits per heavy atom. The molecule has 2 unspecified atom stereocenters. The Kier molecular flexibility index (Phi) is 3.29. The second-order valence-corrected chi connectivity index (χ2v) is 6.35. The minimum absolute atomic E-state index is 0.188. The lowest BCUT2D eigenvalue weighted by atomic mass is 10.1. The van der Waals surface area contributed by atoms with Crippen LogP contribution in [-0.4, -0.2) is 16.7 Å². The van der Waals surface area contributed by atoms with Gasteiger partial charge in [-0.15, -0.1) is 11.8 Å². The van der Waals surface area contributed by atoms with Crippen LogP contribution in [0, 0.1) is 0 Å². The van der Waals surface area contributed by atoms with E-state index in [0.29, 0.717) is 6.04 Å². The number of rotatable bonds is 2. The molecule has 0 aliphatic carbocycles. The second kappa shape index (κ2) is 4.36. The molecule has 0 saturated carbocycles. The first-order valence-corrected chi connectivity index (χ1v) is 6.60. The lowest BCUT2D eigenvalue weighted by Gasteiger charge is -2.24. The lowest BCUT2D eigenvalue weighted by Crippen LogP contribution is -2.39. The lowest BCUT2D eigenvalue weighted by molar-refractivity contribution is 0.481. The second-order valence-electron chi connectivity index (χ2n) is 4.39. The summed E-state index contributed by atoms with van der Waals surface area (Å²) in [6.07, 6.45) is 1.05. The molecule has 1 heterocycles. The fourth-order valence-corrected chi connectivity index (χ4v) is 3.39. The zero-order valence-electron chi connectivity index (χ0n) is 9.09. The van der Waals surface area contributed by atoms with Gasteiger partial charge in [0.05, 0.1) is 4.87 Å². The monoisotopic (exact) mass is 241 g/mol. The summed E-state index contributed by atoms with van der Waals surface area (Å²) in [5.41, 5.74) is 1.34. The van der Waals surface area contributed by atoms with Crippen molar-refractivity contribution in [2.45, 2.75) is 31.2 Å². The molecule has 1 aromatic carbocycles. The minimum atomic E-state index is 0.188. The van der Waals surface area contributed by atoms with Gasteiger partial charge in [0.25, 0.3) is 0 Å². The Morgan fingerprint density at radius 3 is 2.67 bits per heavy atom. The Labute approximate surface area is 101 Å². The van der Waals surface area contributed by atoms with Crippen LogP contribution in [0.3, 0.4) is 0 Å². The molecule has 0 bridgehead atoms. The molecule has 1 saturated heterocycles. The van der Waals surface area contributed by atoms with E-state index in [1.165, 1.54) is 11.3 Å². The van der Waals surface area contributed by atoms with Crippen LogP contribution in [0.2, 0.25) is 5.02 Å². The van der Waals surface area contributed by atoms with Gasteiger partial charge < -0.3 is 0 Å². The highest BCUT2D eigenvalue weighted by molar-refractivity contribution is 8.00. The number of halogens is 1. The van der Waals surface area contributed by atoms with Crippen LogP contribution >= 0.6 is 23.4 Å². The topological polar surface area (TPSA) is 12.0 Å². The third-order valence-electron chi connectivity index (χ3n) is 2.66. The maximum atomic E-state index is 5.87. The minimum Gasteiger partial charge on any atom is -0.299 e. The number of hydrogen-bond donors (Lipinski definition) is 1. The average molecular weight is 242 g/mol. The molecule has 1 aliphatic rings. The van der Waals surface area contributed by atoms with E-state index < -0.39 is 0 Å². The highest BCUT2D eigenvalue weighted by atomic mass is 35.5. The molecule has 0 radical (unpaired) electrons. The summed E-state index contributed by atoms with van der Waals surface area (Å²) in [6, 6.07) is 8.76. The fraction of sp³-hybridized carbons (Fsp3) is 0.500. The number of nitrogens with one attached hydrogen (secondary N) is 1. The van der Waals surface area contributed by atoms with Gasteiger partial charge in [0.15, 0.2) is 0 Å². The first kappa shape index (κ1) is 11.3. The van der Waals surface area contributed by atoms with Crippen molar-refractivity contribution in [3.05, 3.63) is 34.9 Å². The van der Waals surface area contributed by atoms with Crippen molar-refractivity contribution in [1.29, 1.82) is 0 Å². The van der Waals surface area contributed by atoms with Gasteiger partial charge in [-0.2, -0.15) is 0 Å². The quantitative estimate of drug-likeness (QED) is 0.853. The molecular formula is C12H16ClNS. The predicted molar refractivity (Wildman–Crippen MR) is 68.6 cm³/mol. The summed E-state index contributed by atoms with van der Waals surface area (Å²) in [4.78, 5) is 0.188. The summed E-state index contributed by atoms with van der Waals surface area (Å²) in [7, 11) is 0. The van der Waals surface area contributed by atoms with Crippen molar-refractivity contribution in [1.82, 2.24) is 5.32 Å². The summed E-state index contributed by atoms with van der Waals surface area (Å²) in [6.45, 7) is 4.51. The van der Waals surface area contributed by atoms with E-state index in [9.17, 15) is 0 Å². The van der Waals surface area contributed by atoms with Gasteiger partial charge in [0, 0.05) is 16.8 Å². The van der Waals surface area contributed by atoms with Crippen LogP contribution in [0.4, 0.5) is 0 Å². The van der Waals surface area contributed by atoms with E-state index >= 15 is 0 Å². The number of hydrogen-bond acceptors (Lipinski definition) is 2. The molecule has 0 aromatic heterocycles. The molecule has 2 rings (SSSR count). The van der Waals surface area contributed by atoms with Crippen LogP contribution in [0.1, 0.15) is 19.4 Å². The summed E-state index contributed by atoms with van der Waals surface area (Å²) < 4.78 is 0. The van der Waals surface area contributed by atoms with Crippen molar-refractivity contribution in [2.75, 3.05) is 5.75 Å². The maximum absolute atomic E-state index is 5.87. The zero-order valence-corrected chi connectivity index (χ0v) is 10.7. The molecule has 0 spiro atoms. The Morgan fingerprint density at radius 2 is 2.13 bits per heavy atom. The molecule has 1 aliphatic heterocycles. The van der Waals surface area contributed by atoms with Crippen molar-refractivity contribution in [3.63, 3.8) is 0 Å². The van der Waals surface area contributed by atoms with Crippen LogP contribution in [-0.2, 0) is 6.42 Å². The molecule has 15 heavy (non-hydrogen) atoms. The van der Waals surface area contributed by atoms with Gasteiger partial charge in [0.1, 0.15) is 0 Å². The molecular weight excluding hydrogens is 226 g/mol. The zero-order chi connectivity index (χ0) is 10.9. The Balaban J connectivity index is 2.05. The molecule has 1 aromatic rings. The average Bonchev–Trinajstić information content (AvgIpc) is 2.50. The normalized spacial score (nSPS) is 30.7. The van der Waals surface area contributed by atoms with Crippen molar-refractivity contribution >= 4 is 23.4 Å². The highest BCUT2D eigenvalue weighted by Gasteiger charge is 2.32. The first-order valence-electron chi connectivity index (χ1n) is 5.23. The number of benzene rings is 1. The van der Waals surface area contributed by atoms with Gasteiger partial charge in [0.2, 0.25) is 0 Å². The Hall–Kier alpha value is -0.180. The molecule has 2 atom stereocenters. The molecule has 1 N–H and O–H groups in total. The van der Waals surface area contributed by atoms with Crippen molar-refractivity contribution in [2.24, 2.45) is 0 Å². The smallest absolute Gasteiger partial charge is 0.0660 e. The van der Waals surface area contributed by atoms with Gasteiger partial charge >= 0.3 is 0 Å². The van der Waals surface area contributed by atoms with E-state index in [0.717, 1.165) is 11.4 Å². The number of thioether (sulfide) groups is 1. The molecule has 3 heteroatoms. The molecule has 82 valence electrons. The van der Waals surface area contributed by atoms with Gasteiger partial charge in [-0.25, -0.2) is 0 Å². The summed E-state index contributed by atoms with van der Waals surface area (Å²) in [5, 5.41) is 4.43. The SMILES string of the molecule is CC1CSC(C)(Cc2ccc(Cl)cc2)N1. The summed E-state index contributed by atoms with van der Waals surface area (Å²) >= 11 is 7.87. The fourth-order valence-electron chi connectivity index (χ4n) is 2.01. The highest BCUT2D eigenvalue weighted by Crippen LogP contribution is 2.33. The van der Waals surface area contributed by atoms with E-state index in [4.69, 9.17) is 11.6 Å². The summed E-state index contributed by atoms with van der Waals surface area (Å²) in [5.74, 6) is 1.20. The van der Waals surface area contributed by atoms with Crippen molar-refractivity contribution < 1.29 is 0 Å². The molecule has 1 fully saturated rings. The van der Waals surface area contributed by atoms with Gasteiger partial charge in [-0.05, 0) is 38.0 Å². The van der Waals surface area contributed by atoms with Gasteiger partial charge in [-0.3, -0.25) is 5.32 Å². The molecule has 1 nitrogen and oxygen atoms in total. The Bertz CT molecular complexity index is 338. The maximum Gasteiger partial charge on any atom is 0.0660 e. The van der Waals surface area contributed by atoms with E-state index in [1.54, 1.807) is 0 Å². The van der Waals surface area contributed by atoms with E-state index in [1.807, 2.05) is 23.9 Å². The molecule has 0 amide bonds. The largest absolute Gasteiger partial charge is 0.299 e. The van der Waals surface area contributed by atoms with Crippen LogP contribution in [0.15, 0.2) is 24.3 Å². The van der Waals surface area contributed by atoms with Crippen LogP contribution in [0.25, 0.3) is 0 Å². The standard InChI is InChI=1S/C12H16ClNS/c1-9-8-15-12(2,14-9)7-10-3-5-11(13)6-4-10/h3-6,9,14H,7-8H2,1-2H3.